The summed E-state index contributed by atoms with van der Waals surface area (Å²) >= 11 is 0. The summed E-state index contributed by atoms with van der Waals surface area (Å²) in [6.07, 6.45) is 15.2. The molecule has 1 N–H and O–H groups in total. The van der Waals surface area contributed by atoms with Gasteiger partial charge < -0.3 is 4.74 Å². The minimum absolute atomic E-state index is 0.320. The molecule has 3 fully saturated rings. The molecule has 0 bridgehead atoms. The molecule has 160 valence electrons. The molecule has 3 aliphatic carbocycles. The second kappa shape index (κ2) is 6.61. The van der Waals surface area contributed by atoms with Gasteiger partial charge in [-0.2, -0.15) is 5.10 Å². The highest BCUT2D eigenvalue weighted by Gasteiger charge is 2.63. The maximum atomic E-state index is 6.41. The minimum Gasteiger partial charge on any atom is -0.474 e. The summed E-state index contributed by atoms with van der Waals surface area (Å²) in [7, 11) is 0. The molecule has 3 saturated carbocycles. The largest absolute Gasteiger partial charge is 0.474 e. The van der Waals surface area contributed by atoms with E-state index in [1.54, 1.807) is 6.20 Å². The molecule has 2 unspecified atom stereocenters. The van der Waals surface area contributed by atoms with Gasteiger partial charge in [0.1, 0.15) is 11.8 Å². The van der Waals surface area contributed by atoms with E-state index in [1.165, 1.54) is 44.9 Å². The molecule has 0 saturated heterocycles. The smallest absolute Gasteiger partial charge is 0.214 e. The Balaban J connectivity index is 1.17. The number of pyridine rings is 3. The summed E-state index contributed by atoms with van der Waals surface area (Å²) in [6, 6.07) is 12.0. The van der Waals surface area contributed by atoms with Crippen LogP contribution in [0, 0.1) is 10.8 Å². The number of H-pyrrole nitrogens is 1. The third-order valence-corrected chi connectivity index (χ3v) is 7.81. The van der Waals surface area contributed by atoms with Gasteiger partial charge >= 0.3 is 0 Å². The lowest BCUT2D eigenvalue weighted by Crippen LogP contribution is -2.22. The number of aromatic nitrogens is 5. The lowest BCUT2D eigenvalue weighted by Gasteiger charge is -2.29. The van der Waals surface area contributed by atoms with Gasteiger partial charge in [-0.1, -0.05) is 12.5 Å². The van der Waals surface area contributed by atoms with E-state index in [0.717, 1.165) is 33.5 Å². The van der Waals surface area contributed by atoms with Crippen molar-refractivity contribution in [2.45, 2.75) is 51.0 Å². The van der Waals surface area contributed by atoms with Gasteiger partial charge in [0.25, 0.3) is 0 Å². The van der Waals surface area contributed by atoms with Crippen molar-refractivity contribution in [1.82, 2.24) is 25.1 Å². The fraction of sp³-hybridized carbons (Fsp3) is 0.385. The SMILES string of the molecule is c1cncc(-c2cc3c(-c4cccc(OC5CC56CCCC5(CC5)C6)n4)n[nH]c3cn2)c1. The molecule has 6 nitrogen and oxygen atoms in total. The predicted molar refractivity (Wildman–Crippen MR) is 122 cm³/mol. The molecule has 32 heavy (non-hydrogen) atoms. The highest BCUT2D eigenvalue weighted by atomic mass is 16.5. The first kappa shape index (κ1) is 18.3. The minimum atomic E-state index is 0.320. The third-order valence-electron chi connectivity index (χ3n) is 7.81. The molecular formula is C26H25N5O. The first-order chi connectivity index (χ1) is 15.7. The van der Waals surface area contributed by atoms with Gasteiger partial charge in [0.2, 0.25) is 5.88 Å². The van der Waals surface area contributed by atoms with Gasteiger partial charge in [-0.15, -0.1) is 0 Å². The Labute approximate surface area is 186 Å². The third kappa shape index (κ3) is 3.00. The van der Waals surface area contributed by atoms with E-state index < -0.39 is 0 Å². The average Bonchev–Trinajstić information content (AvgIpc) is 3.67. The standard InChI is InChI=1S/C26H25N5O/c1-5-19(24-18-12-20(17-4-2-11-27-14-17)28-15-21(18)30-31-24)29-23(6-1)32-22-13-26(22)8-3-7-25(16-26)9-10-25/h1-2,4-6,11-12,14-15,22H,3,7-10,13,16H2,(H,30,31). The lowest BCUT2D eigenvalue weighted by atomic mass is 9.76. The summed E-state index contributed by atoms with van der Waals surface area (Å²) in [4.78, 5) is 13.6. The van der Waals surface area contributed by atoms with Crippen molar-refractivity contribution in [2.24, 2.45) is 10.8 Å². The van der Waals surface area contributed by atoms with Crippen LogP contribution in [0.3, 0.4) is 0 Å². The quantitative estimate of drug-likeness (QED) is 0.464. The molecule has 4 aromatic rings. The van der Waals surface area contributed by atoms with Gasteiger partial charge in [0.05, 0.1) is 23.1 Å². The van der Waals surface area contributed by atoms with Gasteiger partial charge in [-0.25, -0.2) is 4.98 Å². The Hall–Kier alpha value is -3.28. The molecule has 6 heteroatoms. The second-order valence-electron chi connectivity index (χ2n) is 9.99. The molecule has 4 aromatic heterocycles. The first-order valence-electron chi connectivity index (χ1n) is 11.6. The summed E-state index contributed by atoms with van der Waals surface area (Å²) in [5, 5.41) is 8.63. The number of hydrogen-bond acceptors (Lipinski definition) is 5. The van der Waals surface area contributed by atoms with Crippen LogP contribution >= 0.6 is 0 Å². The summed E-state index contributed by atoms with van der Waals surface area (Å²) in [6.45, 7) is 0. The van der Waals surface area contributed by atoms with Crippen LogP contribution in [-0.2, 0) is 0 Å². The molecule has 2 spiro atoms. The Morgan fingerprint density at radius 2 is 1.97 bits per heavy atom. The molecule has 3 aliphatic rings. The highest BCUT2D eigenvalue weighted by molar-refractivity contribution is 5.93. The van der Waals surface area contributed by atoms with Crippen LogP contribution in [0.15, 0.2) is 55.0 Å². The zero-order chi connectivity index (χ0) is 21.2. The monoisotopic (exact) mass is 423 g/mol. The van der Waals surface area contributed by atoms with Crippen LogP contribution < -0.4 is 4.74 Å². The lowest BCUT2D eigenvalue weighted by molar-refractivity contribution is 0.157. The summed E-state index contributed by atoms with van der Waals surface area (Å²) < 4.78 is 6.41. The van der Waals surface area contributed by atoms with Crippen molar-refractivity contribution in [3.63, 3.8) is 0 Å². The zero-order valence-electron chi connectivity index (χ0n) is 17.9. The van der Waals surface area contributed by atoms with Gasteiger partial charge in [-0.05, 0) is 68.2 Å². The van der Waals surface area contributed by atoms with E-state index in [9.17, 15) is 0 Å². The van der Waals surface area contributed by atoms with Crippen LogP contribution in [0.2, 0.25) is 0 Å². The van der Waals surface area contributed by atoms with E-state index in [1.807, 2.05) is 48.8 Å². The Morgan fingerprint density at radius 1 is 1.00 bits per heavy atom. The van der Waals surface area contributed by atoms with Crippen molar-refractivity contribution in [2.75, 3.05) is 0 Å². The van der Waals surface area contributed by atoms with Crippen LogP contribution in [-0.4, -0.2) is 31.3 Å². The zero-order valence-corrected chi connectivity index (χ0v) is 17.9. The second-order valence-corrected chi connectivity index (χ2v) is 9.99. The molecule has 7 rings (SSSR count). The fourth-order valence-electron chi connectivity index (χ4n) is 5.81. The number of nitrogens with zero attached hydrogens (tertiary/aromatic N) is 4. The summed E-state index contributed by atoms with van der Waals surface area (Å²) in [5.74, 6) is 0.706. The van der Waals surface area contributed by atoms with Gasteiger partial charge in [0, 0.05) is 34.8 Å². The topological polar surface area (TPSA) is 76.6 Å². The molecular weight excluding hydrogens is 398 g/mol. The van der Waals surface area contributed by atoms with Crippen LogP contribution in [0.25, 0.3) is 33.5 Å². The molecule has 2 atom stereocenters. The Morgan fingerprint density at radius 3 is 2.84 bits per heavy atom. The number of rotatable bonds is 4. The average molecular weight is 424 g/mol. The number of nitrogens with one attached hydrogen (secondary N) is 1. The van der Waals surface area contributed by atoms with Gasteiger partial charge in [-0.3, -0.25) is 15.1 Å². The van der Waals surface area contributed by atoms with E-state index in [2.05, 4.69) is 20.2 Å². The van der Waals surface area contributed by atoms with Crippen molar-refractivity contribution in [3.05, 3.63) is 55.0 Å². The molecule has 0 radical (unpaired) electrons. The first-order valence-corrected chi connectivity index (χ1v) is 11.6. The highest BCUT2D eigenvalue weighted by Crippen LogP contribution is 2.69. The van der Waals surface area contributed by atoms with Crippen molar-refractivity contribution in [1.29, 1.82) is 0 Å². The molecule has 0 aromatic carbocycles. The molecule has 4 heterocycles. The normalized spacial score (nSPS) is 25.3. The van der Waals surface area contributed by atoms with E-state index in [0.29, 0.717) is 22.8 Å². The number of ether oxygens (including phenoxy) is 1. The Kier molecular flexibility index (Phi) is 3.78. The number of hydrogen-bond donors (Lipinski definition) is 1. The van der Waals surface area contributed by atoms with Crippen LogP contribution in [0.5, 0.6) is 5.88 Å². The van der Waals surface area contributed by atoms with Crippen LogP contribution in [0.1, 0.15) is 44.9 Å². The van der Waals surface area contributed by atoms with Crippen molar-refractivity contribution >= 4 is 10.9 Å². The molecule has 0 amide bonds. The van der Waals surface area contributed by atoms with Crippen molar-refractivity contribution < 1.29 is 4.74 Å². The fourth-order valence-corrected chi connectivity index (χ4v) is 5.81. The van der Waals surface area contributed by atoms with E-state index in [4.69, 9.17) is 9.72 Å². The molecule has 0 aliphatic heterocycles. The van der Waals surface area contributed by atoms with Crippen molar-refractivity contribution in [3.8, 4) is 28.5 Å². The Bertz CT molecular complexity index is 1310. The number of aromatic amines is 1. The summed E-state index contributed by atoms with van der Waals surface area (Å²) in [5.41, 5.74) is 5.44. The maximum absolute atomic E-state index is 6.41. The van der Waals surface area contributed by atoms with E-state index >= 15 is 0 Å². The maximum Gasteiger partial charge on any atom is 0.214 e. The number of fused-ring (bicyclic) bond motifs is 1. The van der Waals surface area contributed by atoms with Gasteiger partial charge in [0.15, 0.2) is 0 Å². The van der Waals surface area contributed by atoms with Crippen LogP contribution in [0.4, 0.5) is 0 Å². The van der Waals surface area contributed by atoms with E-state index in [-0.39, 0.29) is 0 Å². The predicted octanol–water partition coefficient (Wildman–Crippen LogP) is 5.57.